The van der Waals surface area contributed by atoms with E-state index in [0.29, 0.717) is 13.2 Å². The molecule has 0 aliphatic carbocycles. The molecule has 4 heteroatoms. The predicted molar refractivity (Wildman–Crippen MR) is 79.8 cm³/mol. The monoisotopic (exact) mass is 276 g/mol. The Bertz CT molecular complexity index is 442. The summed E-state index contributed by atoms with van der Waals surface area (Å²) in [5.41, 5.74) is 1.13. The third-order valence-corrected chi connectivity index (χ3v) is 3.58. The van der Waals surface area contributed by atoms with E-state index in [4.69, 9.17) is 4.74 Å². The molecular weight excluding hydrogens is 252 g/mol. The van der Waals surface area contributed by atoms with Crippen molar-refractivity contribution in [3.8, 4) is 5.75 Å². The van der Waals surface area contributed by atoms with Gasteiger partial charge in [0, 0.05) is 25.2 Å². The standard InChI is InChI=1S/C16H24N2O2/c1-3-20-15-9-5-4-8-14(15)12-17(2)13-16(19)18-10-6-7-11-18/h4-5,8-9H,3,6-7,10-13H2,1-2H3. The molecule has 0 aromatic heterocycles. The average molecular weight is 276 g/mol. The molecule has 0 bridgehead atoms. The fourth-order valence-electron chi connectivity index (χ4n) is 2.57. The lowest BCUT2D eigenvalue weighted by molar-refractivity contribution is -0.131. The second-order valence-electron chi connectivity index (χ2n) is 5.30. The minimum atomic E-state index is 0.235. The van der Waals surface area contributed by atoms with Gasteiger partial charge < -0.3 is 9.64 Å². The van der Waals surface area contributed by atoms with Gasteiger partial charge in [0.05, 0.1) is 13.2 Å². The molecule has 20 heavy (non-hydrogen) atoms. The van der Waals surface area contributed by atoms with E-state index in [1.807, 2.05) is 37.1 Å². The molecule has 1 heterocycles. The highest BCUT2D eigenvalue weighted by Crippen LogP contribution is 2.19. The van der Waals surface area contributed by atoms with Crippen molar-refractivity contribution < 1.29 is 9.53 Å². The Morgan fingerprint density at radius 2 is 2.00 bits per heavy atom. The van der Waals surface area contributed by atoms with E-state index in [1.165, 1.54) is 0 Å². The summed E-state index contributed by atoms with van der Waals surface area (Å²) < 4.78 is 5.62. The van der Waals surface area contributed by atoms with Crippen molar-refractivity contribution in [1.29, 1.82) is 0 Å². The molecule has 0 saturated carbocycles. The number of amides is 1. The summed E-state index contributed by atoms with van der Waals surface area (Å²) in [6, 6.07) is 8.02. The Morgan fingerprint density at radius 3 is 2.70 bits per heavy atom. The van der Waals surface area contributed by atoms with Crippen molar-refractivity contribution in [2.45, 2.75) is 26.3 Å². The normalized spacial score (nSPS) is 14.8. The number of likely N-dealkylation sites (N-methyl/N-ethyl adjacent to an activating group) is 1. The van der Waals surface area contributed by atoms with Gasteiger partial charge in [0.2, 0.25) is 5.91 Å². The van der Waals surface area contributed by atoms with Gasteiger partial charge in [-0.1, -0.05) is 18.2 Å². The molecule has 1 fully saturated rings. The van der Waals surface area contributed by atoms with Crippen molar-refractivity contribution >= 4 is 5.91 Å². The maximum atomic E-state index is 12.1. The van der Waals surface area contributed by atoms with Crippen LogP contribution in [0.15, 0.2) is 24.3 Å². The quantitative estimate of drug-likeness (QED) is 0.798. The van der Waals surface area contributed by atoms with Crippen LogP contribution < -0.4 is 4.74 Å². The highest BCUT2D eigenvalue weighted by molar-refractivity contribution is 5.78. The zero-order chi connectivity index (χ0) is 14.4. The van der Waals surface area contributed by atoms with Gasteiger partial charge in [0.25, 0.3) is 0 Å². The molecule has 1 aliphatic heterocycles. The Morgan fingerprint density at radius 1 is 1.30 bits per heavy atom. The number of rotatable bonds is 6. The predicted octanol–water partition coefficient (Wildman–Crippen LogP) is 2.14. The molecular formula is C16H24N2O2. The minimum Gasteiger partial charge on any atom is -0.494 e. The van der Waals surface area contributed by atoms with Gasteiger partial charge in [-0.25, -0.2) is 0 Å². The van der Waals surface area contributed by atoms with Gasteiger partial charge >= 0.3 is 0 Å². The number of hydrogen-bond donors (Lipinski definition) is 0. The zero-order valence-corrected chi connectivity index (χ0v) is 12.5. The number of likely N-dealkylation sites (tertiary alicyclic amines) is 1. The fourth-order valence-corrected chi connectivity index (χ4v) is 2.57. The molecule has 1 aromatic carbocycles. The van der Waals surface area contributed by atoms with Gasteiger partial charge in [-0.05, 0) is 32.9 Å². The van der Waals surface area contributed by atoms with E-state index < -0.39 is 0 Å². The molecule has 1 amide bonds. The summed E-state index contributed by atoms with van der Waals surface area (Å²) >= 11 is 0. The number of ether oxygens (including phenoxy) is 1. The summed E-state index contributed by atoms with van der Waals surface area (Å²) in [5.74, 6) is 1.15. The Hall–Kier alpha value is -1.55. The molecule has 1 aliphatic rings. The van der Waals surface area contributed by atoms with Crippen molar-refractivity contribution in [2.24, 2.45) is 0 Å². The second kappa shape index (κ2) is 7.29. The van der Waals surface area contributed by atoms with Gasteiger partial charge in [-0.2, -0.15) is 0 Å². The van der Waals surface area contributed by atoms with Crippen molar-refractivity contribution in [2.75, 3.05) is 33.3 Å². The van der Waals surface area contributed by atoms with Gasteiger partial charge in [0.1, 0.15) is 5.75 Å². The van der Waals surface area contributed by atoms with Gasteiger partial charge in [0.15, 0.2) is 0 Å². The lowest BCUT2D eigenvalue weighted by Gasteiger charge is -2.22. The maximum Gasteiger partial charge on any atom is 0.236 e. The van der Waals surface area contributed by atoms with Crippen LogP contribution in [-0.4, -0.2) is 49.0 Å². The summed E-state index contributed by atoms with van der Waals surface area (Å²) in [7, 11) is 1.98. The third-order valence-electron chi connectivity index (χ3n) is 3.58. The number of benzene rings is 1. The minimum absolute atomic E-state index is 0.235. The van der Waals surface area contributed by atoms with E-state index in [0.717, 1.165) is 43.8 Å². The number of hydrogen-bond acceptors (Lipinski definition) is 3. The number of para-hydroxylation sites is 1. The van der Waals surface area contributed by atoms with Crippen LogP contribution in [0.1, 0.15) is 25.3 Å². The Balaban J connectivity index is 1.90. The SMILES string of the molecule is CCOc1ccccc1CN(C)CC(=O)N1CCCC1. The van der Waals surface area contributed by atoms with E-state index in [-0.39, 0.29) is 5.91 Å². The first-order chi connectivity index (χ1) is 9.70. The van der Waals surface area contributed by atoms with Crippen LogP contribution in [0.4, 0.5) is 0 Å². The average Bonchev–Trinajstić information content (AvgIpc) is 2.95. The van der Waals surface area contributed by atoms with Crippen LogP contribution >= 0.6 is 0 Å². The molecule has 0 unspecified atom stereocenters. The van der Waals surface area contributed by atoms with Crippen LogP contribution in [0.5, 0.6) is 5.75 Å². The van der Waals surface area contributed by atoms with Crippen LogP contribution in [0.25, 0.3) is 0 Å². The van der Waals surface area contributed by atoms with E-state index in [9.17, 15) is 4.79 Å². The molecule has 1 aromatic rings. The first-order valence-corrected chi connectivity index (χ1v) is 7.37. The third kappa shape index (κ3) is 3.97. The Labute approximate surface area is 121 Å². The number of carbonyl (C=O) groups excluding carboxylic acids is 1. The second-order valence-corrected chi connectivity index (χ2v) is 5.30. The summed E-state index contributed by atoms with van der Waals surface area (Å²) in [6.07, 6.45) is 2.28. The van der Waals surface area contributed by atoms with Crippen molar-refractivity contribution in [3.63, 3.8) is 0 Å². The smallest absolute Gasteiger partial charge is 0.236 e. The van der Waals surface area contributed by atoms with Crippen LogP contribution in [0.2, 0.25) is 0 Å². The van der Waals surface area contributed by atoms with Crippen molar-refractivity contribution in [3.05, 3.63) is 29.8 Å². The van der Waals surface area contributed by atoms with Crippen LogP contribution in [0, 0.1) is 0 Å². The van der Waals surface area contributed by atoms with E-state index in [2.05, 4.69) is 11.0 Å². The highest BCUT2D eigenvalue weighted by Gasteiger charge is 2.19. The first kappa shape index (κ1) is 14.9. The van der Waals surface area contributed by atoms with E-state index in [1.54, 1.807) is 0 Å². The largest absolute Gasteiger partial charge is 0.494 e. The number of nitrogens with zero attached hydrogens (tertiary/aromatic N) is 2. The van der Waals surface area contributed by atoms with Gasteiger partial charge in [-0.15, -0.1) is 0 Å². The first-order valence-electron chi connectivity index (χ1n) is 7.37. The topological polar surface area (TPSA) is 32.8 Å². The van der Waals surface area contributed by atoms with Crippen LogP contribution in [0.3, 0.4) is 0 Å². The molecule has 110 valence electrons. The summed E-state index contributed by atoms with van der Waals surface area (Å²) in [4.78, 5) is 16.1. The molecule has 0 atom stereocenters. The molecule has 0 radical (unpaired) electrons. The fraction of sp³-hybridized carbons (Fsp3) is 0.562. The summed E-state index contributed by atoms with van der Waals surface area (Å²) in [5, 5.41) is 0. The highest BCUT2D eigenvalue weighted by atomic mass is 16.5. The molecule has 0 N–H and O–H groups in total. The van der Waals surface area contributed by atoms with Crippen molar-refractivity contribution in [1.82, 2.24) is 9.80 Å². The molecule has 1 saturated heterocycles. The lowest BCUT2D eigenvalue weighted by atomic mass is 10.2. The lowest BCUT2D eigenvalue weighted by Crippen LogP contribution is -2.37. The van der Waals surface area contributed by atoms with Crippen LogP contribution in [-0.2, 0) is 11.3 Å². The van der Waals surface area contributed by atoms with E-state index >= 15 is 0 Å². The molecule has 2 rings (SSSR count). The number of carbonyl (C=O) groups is 1. The summed E-state index contributed by atoms with van der Waals surface area (Å²) in [6.45, 7) is 5.69. The Kier molecular flexibility index (Phi) is 5.41. The molecule has 4 nitrogen and oxygen atoms in total. The molecule has 0 spiro atoms. The van der Waals surface area contributed by atoms with Gasteiger partial charge in [-0.3, -0.25) is 9.69 Å². The maximum absolute atomic E-state index is 12.1. The zero-order valence-electron chi connectivity index (χ0n) is 12.5.